The van der Waals surface area contributed by atoms with E-state index in [9.17, 15) is 34.5 Å². The Hall–Kier alpha value is -2.12. The van der Waals surface area contributed by atoms with E-state index in [4.69, 9.17) is 15.6 Å². The molecule has 1 saturated heterocycles. The first kappa shape index (κ1) is 57.9. The average Bonchev–Trinajstić information content (AvgIpc) is 3.25. The van der Waals surface area contributed by atoms with Crippen LogP contribution in [0.15, 0.2) is 0 Å². The number of aliphatic carboxylic acids is 1. The number of hydrogen-bond donors (Lipinski definition) is 6. The van der Waals surface area contributed by atoms with E-state index < -0.39 is 60.9 Å². The number of carboxylic acids is 1. The highest BCUT2D eigenvalue weighted by molar-refractivity contribution is 5.89. The molecule has 1 heterocycles. The summed E-state index contributed by atoms with van der Waals surface area (Å²) in [5.74, 6) is -6.23. The minimum absolute atomic E-state index is 0.0103. The second-order valence-electron chi connectivity index (χ2n) is 18.4. The number of carbonyl (C=O) groups is 4. The second kappa shape index (κ2) is 38.2. The molecule has 7 N–H and O–H groups in total. The number of nitrogens with one attached hydrogen (secondary N) is 1. The lowest BCUT2D eigenvalue weighted by Crippen LogP contribution is -2.75. The Kier molecular flexibility index (Phi) is 35.7. The van der Waals surface area contributed by atoms with Gasteiger partial charge in [-0.1, -0.05) is 200 Å². The number of amides is 2. The standard InChI is InChI=1S/C50H95N3O9/c1-3-5-7-9-11-13-15-17-19-21-23-25-27-29-31-35-39-53(45(57)37-32-30-28-26-24-22-20-18-16-14-12-10-8-6-4-2)50(51)47(49(61)48(60)43(41-54)62-50)42(55)40-52-44(56)36-33-34-38-46(58)59/h43,47-49,54,60-61H,3-41,51H2,1-2H3,(H,52,56)(H,58,59)/t43-,47-,48-,49-,50+/m1/s1. The molecule has 0 radical (unpaired) electrons. The maximum atomic E-state index is 14.1. The molecular formula is C50H95N3O9. The lowest BCUT2D eigenvalue weighted by molar-refractivity contribution is -0.291. The average molecular weight is 882 g/mol. The maximum absolute atomic E-state index is 14.1. The van der Waals surface area contributed by atoms with Gasteiger partial charge in [0.2, 0.25) is 17.7 Å². The number of carboxylic acid groups (broad SMARTS) is 1. The van der Waals surface area contributed by atoms with Gasteiger partial charge >= 0.3 is 5.97 Å². The van der Waals surface area contributed by atoms with Gasteiger partial charge in [-0.3, -0.25) is 24.9 Å². The molecule has 1 rings (SSSR count). The van der Waals surface area contributed by atoms with Crippen LogP contribution in [-0.2, 0) is 23.9 Å². The van der Waals surface area contributed by atoms with Gasteiger partial charge in [0.05, 0.1) is 19.3 Å². The fourth-order valence-corrected chi connectivity index (χ4v) is 8.89. The number of nitrogens with zero attached hydrogens (tertiary/aromatic N) is 1. The van der Waals surface area contributed by atoms with Crippen LogP contribution >= 0.6 is 0 Å². The van der Waals surface area contributed by atoms with Gasteiger partial charge in [-0.2, -0.15) is 0 Å². The first-order valence-corrected chi connectivity index (χ1v) is 25.8. The van der Waals surface area contributed by atoms with E-state index >= 15 is 0 Å². The number of Topliss-reactive ketones (excluding diaryl/α,β-unsaturated/α-hetero) is 1. The van der Waals surface area contributed by atoms with Gasteiger partial charge in [0.25, 0.3) is 0 Å². The summed E-state index contributed by atoms with van der Waals surface area (Å²) in [6, 6.07) is 0. The van der Waals surface area contributed by atoms with Gasteiger partial charge in [-0.15, -0.1) is 0 Å². The molecule has 0 spiro atoms. The van der Waals surface area contributed by atoms with Crippen LogP contribution in [0.1, 0.15) is 245 Å². The number of hydrogen-bond acceptors (Lipinski definition) is 9. The molecule has 364 valence electrons. The van der Waals surface area contributed by atoms with Crippen molar-refractivity contribution in [2.75, 3.05) is 19.7 Å². The lowest BCUT2D eigenvalue weighted by atomic mass is 9.82. The molecule has 0 aromatic rings. The van der Waals surface area contributed by atoms with Crippen molar-refractivity contribution in [1.29, 1.82) is 0 Å². The lowest BCUT2D eigenvalue weighted by Gasteiger charge is -2.52. The van der Waals surface area contributed by atoms with Gasteiger partial charge in [0.15, 0.2) is 5.78 Å². The van der Waals surface area contributed by atoms with Crippen LogP contribution in [0, 0.1) is 5.92 Å². The number of rotatable bonds is 43. The number of nitrogens with two attached hydrogens (primary N) is 1. The largest absolute Gasteiger partial charge is 0.481 e. The summed E-state index contributed by atoms with van der Waals surface area (Å²) in [6.45, 7) is 3.46. The Balaban J connectivity index is 2.79. The van der Waals surface area contributed by atoms with Gasteiger partial charge < -0.3 is 35.4 Å². The highest BCUT2D eigenvalue weighted by Gasteiger charge is 2.58. The van der Waals surface area contributed by atoms with E-state index in [2.05, 4.69) is 19.2 Å². The summed E-state index contributed by atoms with van der Waals surface area (Å²) in [5, 5.41) is 43.7. The molecule has 1 aliphatic heterocycles. The highest BCUT2D eigenvalue weighted by atomic mass is 16.6. The van der Waals surface area contributed by atoms with Crippen molar-refractivity contribution in [3.05, 3.63) is 0 Å². The summed E-state index contributed by atoms with van der Waals surface area (Å²) in [4.78, 5) is 52.7. The summed E-state index contributed by atoms with van der Waals surface area (Å²) in [6.07, 6.45) is 33.1. The van der Waals surface area contributed by atoms with Crippen molar-refractivity contribution in [3.63, 3.8) is 0 Å². The molecule has 12 nitrogen and oxygen atoms in total. The van der Waals surface area contributed by atoms with Crippen LogP contribution < -0.4 is 11.1 Å². The first-order valence-electron chi connectivity index (χ1n) is 25.8. The number of unbranched alkanes of at least 4 members (excludes halogenated alkanes) is 30. The molecule has 1 aliphatic rings. The predicted molar refractivity (Wildman–Crippen MR) is 249 cm³/mol. The SMILES string of the molecule is CCCCCCCCCCCCCCCCCCN(C(=O)CCCCCCCCCCCCCCCCC)[C@]1(N)O[C@H](CO)[C@@H](O)[C@H](O)[C@H]1C(=O)CNC(=O)CCCCC(=O)O. The highest BCUT2D eigenvalue weighted by Crippen LogP contribution is 2.36. The Bertz CT molecular complexity index is 1140. The molecule has 1 fully saturated rings. The van der Waals surface area contributed by atoms with E-state index in [1.807, 2.05) is 0 Å². The van der Waals surface area contributed by atoms with Gasteiger partial charge in [0, 0.05) is 25.8 Å². The molecule has 0 bridgehead atoms. The normalized spacial score (nSPS) is 20.0. The smallest absolute Gasteiger partial charge is 0.303 e. The van der Waals surface area contributed by atoms with E-state index in [1.165, 1.54) is 146 Å². The topological polar surface area (TPSA) is 200 Å². The molecule has 5 atom stereocenters. The molecule has 2 amide bonds. The van der Waals surface area contributed by atoms with Crippen molar-refractivity contribution in [2.24, 2.45) is 11.7 Å². The molecule has 62 heavy (non-hydrogen) atoms. The Labute approximate surface area is 377 Å². The number of ketones is 1. The Morgan fingerprint density at radius 1 is 0.548 bits per heavy atom. The van der Waals surface area contributed by atoms with E-state index in [1.54, 1.807) is 0 Å². The Morgan fingerprint density at radius 3 is 1.32 bits per heavy atom. The maximum Gasteiger partial charge on any atom is 0.303 e. The van der Waals surface area contributed by atoms with E-state index in [0.717, 1.165) is 44.9 Å². The minimum atomic E-state index is -2.17. The third-order valence-corrected chi connectivity index (χ3v) is 12.8. The van der Waals surface area contributed by atoms with Crippen LogP contribution in [0.25, 0.3) is 0 Å². The van der Waals surface area contributed by atoms with Crippen LogP contribution in [0.5, 0.6) is 0 Å². The fourth-order valence-electron chi connectivity index (χ4n) is 8.89. The van der Waals surface area contributed by atoms with Crippen molar-refractivity contribution >= 4 is 23.6 Å². The summed E-state index contributed by atoms with van der Waals surface area (Å²) in [7, 11) is 0. The zero-order valence-corrected chi connectivity index (χ0v) is 39.7. The number of ether oxygens (including phenoxy) is 1. The monoisotopic (exact) mass is 882 g/mol. The summed E-state index contributed by atoms with van der Waals surface area (Å²) in [5.41, 5.74) is 6.93. The van der Waals surface area contributed by atoms with Crippen molar-refractivity contribution in [1.82, 2.24) is 10.2 Å². The molecule has 0 aromatic carbocycles. The molecule has 0 aliphatic carbocycles. The molecule has 0 unspecified atom stereocenters. The van der Waals surface area contributed by atoms with Crippen LogP contribution in [-0.4, -0.2) is 92.8 Å². The van der Waals surface area contributed by atoms with E-state index in [0.29, 0.717) is 25.7 Å². The van der Waals surface area contributed by atoms with Crippen LogP contribution in [0.4, 0.5) is 0 Å². The van der Waals surface area contributed by atoms with E-state index in [-0.39, 0.29) is 31.7 Å². The van der Waals surface area contributed by atoms with Crippen LogP contribution in [0.2, 0.25) is 0 Å². The molecule has 0 saturated carbocycles. The third kappa shape index (κ3) is 26.6. The molecule has 0 aromatic heterocycles. The van der Waals surface area contributed by atoms with Gasteiger partial charge in [-0.05, 0) is 25.7 Å². The fraction of sp³-hybridized carbons (Fsp3) is 0.920. The number of aliphatic hydroxyl groups is 3. The zero-order chi connectivity index (χ0) is 45.7. The third-order valence-electron chi connectivity index (χ3n) is 12.8. The minimum Gasteiger partial charge on any atom is -0.481 e. The molecule has 12 heteroatoms. The summed E-state index contributed by atoms with van der Waals surface area (Å²) < 4.78 is 6.07. The zero-order valence-electron chi connectivity index (χ0n) is 39.7. The number of aliphatic hydroxyl groups excluding tert-OH is 3. The van der Waals surface area contributed by atoms with Crippen LogP contribution in [0.3, 0.4) is 0 Å². The van der Waals surface area contributed by atoms with Crippen molar-refractivity contribution in [2.45, 2.75) is 269 Å². The summed E-state index contributed by atoms with van der Waals surface area (Å²) >= 11 is 0. The second-order valence-corrected chi connectivity index (χ2v) is 18.4. The molecular weight excluding hydrogens is 787 g/mol. The number of carbonyl (C=O) groups excluding carboxylic acids is 3. The van der Waals surface area contributed by atoms with Crippen molar-refractivity contribution in [3.8, 4) is 0 Å². The van der Waals surface area contributed by atoms with Crippen molar-refractivity contribution < 1.29 is 44.3 Å². The Morgan fingerprint density at radius 2 is 0.919 bits per heavy atom. The van der Waals surface area contributed by atoms with Gasteiger partial charge in [0.1, 0.15) is 18.1 Å². The predicted octanol–water partition coefficient (Wildman–Crippen LogP) is 10.0. The first-order chi connectivity index (χ1) is 30.0. The van der Waals surface area contributed by atoms with Gasteiger partial charge in [-0.25, -0.2) is 0 Å². The quantitative estimate of drug-likeness (QED) is 0.0253.